The standard InChI is InChI=1S/C15H28N4O2/c1-2-17-15(21)13-4-9-19(10-5-13)14(20)12-18-8-3-6-16-7-11-18/h13,16H,2-12H2,1H3,(H,17,21). The predicted octanol–water partition coefficient (Wildman–Crippen LogP) is -0.344. The van der Waals surface area contributed by atoms with E-state index < -0.39 is 0 Å². The number of rotatable bonds is 4. The van der Waals surface area contributed by atoms with E-state index in [4.69, 9.17) is 0 Å². The summed E-state index contributed by atoms with van der Waals surface area (Å²) < 4.78 is 0. The van der Waals surface area contributed by atoms with Gasteiger partial charge in [-0.05, 0) is 39.3 Å². The van der Waals surface area contributed by atoms with Crippen LogP contribution in [0.1, 0.15) is 26.2 Å². The van der Waals surface area contributed by atoms with E-state index in [1.165, 1.54) is 0 Å². The zero-order valence-electron chi connectivity index (χ0n) is 13.1. The molecule has 0 aromatic rings. The number of hydrogen-bond acceptors (Lipinski definition) is 4. The quantitative estimate of drug-likeness (QED) is 0.745. The van der Waals surface area contributed by atoms with Crippen molar-refractivity contribution >= 4 is 11.8 Å². The Labute approximate surface area is 127 Å². The number of nitrogens with one attached hydrogen (secondary N) is 2. The Morgan fingerprint density at radius 1 is 1.14 bits per heavy atom. The molecule has 0 aromatic carbocycles. The smallest absolute Gasteiger partial charge is 0.236 e. The van der Waals surface area contributed by atoms with E-state index in [0.29, 0.717) is 26.2 Å². The Morgan fingerprint density at radius 3 is 2.62 bits per heavy atom. The van der Waals surface area contributed by atoms with Crippen LogP contribution in [0.4, 0.5) is 0 Å². The number of carbonyl (C=O) groups is 2. The average Bonchev–Trinajstić information content (AvgIpc) is 2.76. The molecule has 0 aromatic heterocycles. The van der Waals surface area contributed by atoms with Crippen LogP contribution in [0.3, 0.4) is 0 Å². The first-order chi connectivity index (χ1) is 10.2. The van der Waals surface area contributed by atoms with Gasteiger partial charge in [0.2, 0.25) is 11.8 Å². The van der Waals surface area contributed by atoms with E-state index in [9.17, 15) is 9.59 Å². The van der Waals surface area contributed by atoms with E-state index in [1.807, 2.05) is 11.8 Å². The largest absolute Gasteiger partial charge is 0.356 e. The summed E-state index contributed by atoms with van der Waals surface area (Å²) in [6.45, 7) is 8.52. The Kier molecular flexibility index (Phi) is 6.45. The lowest BCUT2D eigenvalue weighted by molar-refractivity contribution is -0.136. The van der Waals surface area contributed by atoms with Crippen LogP contribution in [-0.2, 0) is 9.59 Å². The van der Waals surface area contributed by atoms with E-state index in [1.54, 1.807) is 0 Å². The SMILES string of the molecule is CCNC(=O)C1CCN(C(=O)CN2CCCNCC2)CC1. The molecule has 0 aliphatic carbocycles. The van der Waals surface area contributed by atoms with Crippen LogP contribution >= 0.6 is 0 Å². The molecule has 120 valence electrons. The van der Waals surface area contributed by atoms with Crippen molar-refractivity contribution in [1.82, 2.24) is 20.4 Å². The first-order valence-electron chi connectivity index (χ1n) is 8.19. The van der Waals surface area contributed by atoms with Gasteiger partial charge in [-0.15, -0.1) is 0 Å². The van der Waals surface area contributed by atoms with Gasteiger partial charge >= 0.3 is 0 Å². The molecule has 21 heavy (non-hydrogen) atoms. The van der Waals surface area contributed by atoms with Gasteiger partial charge < -0.3 is 15.5 Å². The van der Waals surface area contributed by atoms with Crippen LogP contribution in [0.2, 0.25) is 0 Å². The topological polar surface area (TPSA) is 64.7 Å². The van der Waals surface area contributed by atoms with Crippen molar-refractivity contribution in [1.29, 1.82) is 0 Å². The molecule has 0 atom stereocenters. The highest BCUT2D eigenvalue weighted by molar-refractivity contribution is 5.80. The van der Waals surface area contributed by atoms with E-state index in [0.717, 1.165) is 45.4 Å². The van der Waals surface area contributed by atoms with Gasteiger partial charge in [0.25, 0.3) is 0 Å². The fraction of sp³-hybridized carbons (Fsp3) is 0.867. The molecule has 0 unspecified atom stereocenters. The van der Waals surface area contributed by atoms with E-state index >= 15 is 0 Å². The second-order valence-corrected chi connectivity index (χ2v) is 5.93. The molecule has 0 saturated carbocycles. The molecule has 2 saturated heterocycles. The molecular formula is C15H28N4O2. The first-order valence-corrected chi connectivity index (χ1v) is 8.19. The Balaban J connectivity index is 1.73. The summed E-state index contributed by atoms with van der Waals surface area (Å²) in [5.41, 5.74) is 0. The second kappa shape index (κ2) is 8.34. The summed E-state index contributed by atoms with van der Waals surface area (Å²) in [5, 5.41) is 6.22. The molecule has 2 aliphatic rings. The molecule has 6 heteroatoms. The van der Waals surface area contributed by atoms with Gasteiger partial charge in [-0.25, -0.2) is 0 Å². The lowest BCUT2D eigenvalue weighted by atomic mass is 9.96. The van der Waals surface area contributed by atoms with Crippen LogP contribution < -0.4 is 10.6 Å². The Bertz CT molecular complexity index is 346. The van der Waals surface area contributed by atoms with Crippen molar-refractivity contribution < 1.29 is 9.59 Å². The number of amides is 2. The molecule has 2 rings (SSSR count). The van der Waals surface area contributed by atoms with Crippen LogP contribution in [0.15, 0.2) is 0 Å². The van der Waals surface area contributed by atoms with Crippen molar-refractivity contribution in [3.05, 3.63) is 0 Å². The highest BCUT2D eigenvalue weighted by Crippen LogP contribution is 2.17. The van der Waals surface area contributed by atoms with Crippen LogP contribution in [-0.4, -0.2) is 74.0 Å². The first kappa shape index (κ1) is 16.2. The van der Waals surface area contributed by atoms with Gasteiger partial charge in [0.15, 0.2) is 0 Å². The third-order valence-corrected chi connectivity index (χ3v) is 4.36. The molecule has 6 nitrogen and oxygen atoms in total. The third-order valence-electron chi connectivity index (χ3n) is 4.36. The zero-order chi connectivity index (χ0) is 15.1. The van der Waals surface area contributed by atoms with E-state index in [-0.39, 0.29) is 17.7 Å². The normalized spacial score (nSPS) is 21.9. The van der Waals surface area contributed by atoms with Gasteiger partial charge in [-0.1, -0.05) is 0 Å². The molecule has 0 bridgehead atoms. The molecule has 2 fully saturated rings. The highest BCUT2D eigenvalue weighted by atomic mass is 16.2. The molecule has 2 aliphatic heterocycles. The maximum Gasteiger partial charge on any atom is 0.236 e. The number of likely N-dealkylation sites (tertiary alicyclic amines) is 1. The Hall–Kier alpha value is -1.14. The lowest BCUT2D eigenvalue weighted by Crippen LogP contribution is -2.47. The number of piperidine rings is 1. The van der Waals surface area contributed by atoms with Crippen molar-refractivity contribution in [2.24, 2.45) is 5.92 Å². The number of carbonyl (C=O) groups excluding carboxylic acids is 2. The van der Waals surface area contributed by atoms with Crippen molar-refractivity contribution in [3.63, 3.8) is 0 Å². The van der Waals surface area contributed by atoms with Crippen LogP contribution in [0.5, 0.6) is 0 Å². The summed E-state index contributed by atoms with van der Waals surface area (Å²) in [6.07, 6.45) is 2.69. The summed E-state index contributed by atoms with van der Waals surface area (Å²) in [4.78, 5) is 28.3. The van der Waals surface area contributed by atoms with Crippen molar-refractivity contribution in [2.75, 3.05) is 52.4 Å². The maximum absolute atomic E-state index is 12.3. The minimum Gasteiger partial charge on any atom is -0.356 e. The highest BCUT2D eigenvalue weighted by Gasteiger charge is 2.27. The van der Waals surface area contributed by atoms with Crippen LogP contribution in [0.25, 0.3) is 0 Å². The summed E-state index contributed by atoms with van der Waals surface area (Å²) in [7, 11) is 0. The van der Waals surface area contributed by atoms with Gasteiger partial charge in [-0.3, -0.25) is 14.5 Å². The molecule has 0 radical (unpaired) electrons. The summed E-state index contributed by atoms with van der Waals surface area (Å²) >= 11 is 0. The maximum atomic E-state index is 12.3. The molecular weight excluding hydrogens is 268 g/mol. The van der Waals surface area contributed by atoms with Gasteiger partial charge in [-0.2, -0.15) is 0 Å². The molecule has 2 N–H and O–H groups in total. The third kappa shape index (κ3) is 4.97. The fourth-order valence-corrected chi connectivity index (χ4v) is 3.06. The van der Waals surface area contributed by atoms with Crippen molar-refractivity contribution in [2.45, 2.75) is 26.2 Å². The average molecular weight is 296 g/mol. The minimum atomic E-state index is 0.0800. The number of nitrogens with zero attached hydrogens (tertiary/aromatic N) is 2. The second-order valence-electron chi connectivity index (χ2n) is 5.93. The monoisotopic (exact) mass is 296 g/mol. The zero-order valence-corrected chi connectivity index (χ0v) is 13.1. The summed E-state index contributed by atoms with van der Waals surface area (Å²) in [6, 6.07) is 0. The number of hydrogen-bond donors (Lipinski definition) is 2. The molecule has 0 spiro atoms. The lowest BCUT2D eigenvalue weighted by Gasteiger charge is -2.32. The van der Waals surface area contributed by atoms with Crippen LogP contribution in [0, 0.1) is 5.92 Å². The fourth-order valence-electron chi connectivity index (χ4n) is 3.06. The summed E-state index contributed by atoms with van der Waals surface area (Å²) in [5.74, 6) is 0.436. The van der Waals surface area contributed by atoms with Gasteiger partial charge in [0, 0.05) is 38.6 Å². The molecule has 2 heterocycles. The predicted molar refractivity (Wildman–Crippen MR) is 81.9 cm³/mol. The van der Waals surface area contributed by atoms with Crippen molar-refractivity contribution in [3.8, 4) is 0 Å². The van der Waals surface area contributed by atoms with Gasteiger partial charge in [0.1, 0.15) is 0 Å². The Morgan fingerprint density at radius 2 is 1.90 bits per heavy atom. The minimum absolute atomic E-state index is 0.0800. The van der Waals surface area contributed by atoms with E-state index in [2.05, 4.69) is 15.5 Å². The van der Waals surface area contributed by atoms with Gasteiger partial charge in [0.05, 0.1) is 6.54 Å². The molecule has 2 amide bonds.